The summed E-state index contributed by atoms with van der Waals surface area (Å²) in [6.07, 6.45) is 1.51. The maximum atomic E-state index is 13.4. The molecule has 0 spiro atoms. The molecule has 128 valence electrons. The van der Waals surface area contributed by atoms with Crippen LogP contribution in [0.5, 0.6) is 0 Å². The second-order valence-corrected chi connectivity index (χ2v) is 7.29. The van der Waals surface area contributed by atoms with Crippen LogP contribution < -0.4 is 0 Å². The molecule has 1 aliphatic heterocycles. The smallest absolute Gasteiger partial charge is 0.320 e. The van der Waals surface area contributed by atoms with E-state index in [9.17, 15) is 14.3 Å². The van der Waals surface area contributed by atoms with Gasteiger partial charge in [-0.2, -0.15) is 0 Å². The van der Waals surface area contributed by atoms with Gasteiger partial charge in [0.1, 0.15) is 11.9 Å². The predicted molar refractivity (Wildman–Crippen MR) is 97.4 cm³/mol. The molecule has 1 saturated heterocycles. The minimum absolute atomic E-state index is 0.180. The van der Waals surface area contributed by atoms with Crippen LogP contribution in [-0.4, -0.2) is 28.6 Å². The van der Waals surface area contributed by atoms with Gasteiger partial charge >= 0.3 is 5.97 Å². The minimum atomic E-state index is -0.788. The summed E-state index contributed by atoms with van der Waals surface area (Å²) in [7, 11) is 0. The number of likely N-dealkylation sites (tertiary alicyclic amines) is 1. The molecule has 0 saturated carbocycles. The molecular formula is C20H18FNO2S. The predicted octanol–water partition coefficient (Wildman–Crippen LogP) is 4.68. The Bertz CT molecular complexity index is 905. The van der Waals surface area contributed by atoms with Gasteiger partial charge in [0, 0.05) is 11.2 Å². The number of aliphatic carboxylic acids is 1. The van der Waals surface area contributed by atoms with Crippen LogP contribution in [0.25, 0.3) is 10.1 Å². The molecule has 2 unspecified atom stereocenters. The fourth-order valence-electron chi connectivity index (χ4n) is 3.77. The van der Waals surface area contributed by atoms with Gasteiger partial charge in [-0.1, -0.05) is 30.3 Å². The zero-order chi connectivity index (χ0) is 17.4. The molecule has 25 heavy (non-hydrogen) atoms. The number of thiophene rings is 1. The maximum Gasteiger partial charge on any atom is 0.320 e. The van der Waals surface area contributed by atoms with Gasteiger partial charge in [0.2, 0.25) is 0 Å². The Morgan fingerprint density at radius 2 is 1.96 bits per heavy atom. The molecule has 2 atom stereocenters. The second kappa shape index (κ2) is 6.58. The first kappa shape index (κ1) is 16.2. The van der Waals surface area contributed by atoms with Crippen molar-refractivity contribution < 1.29 is 14.3 Å². The molecule has 0 amide bonds. The van der Waals surface area contributed by atoms with E-state index in [2.05, 4.69) is 17.5 Å². The Kier molecular flexibility index (Phi) is 4.27. The summed E-state index contributed by atoms with van der Waals surface area (Å²) in [5, 5.41) is 12.9. The number of carboxylic acids is 1. The van der Waals surface area contributed by atoms with Crippen LogP contribution in [0.1, 0.15) is 30.0 Å². The van der Waals surface area contributed by atoms with E-state index in [0.29, 0.717) is 6.42 Å². The highest BCUT2D eigenvalue weighted by molar-refractivity contribution is 7.17. The number of fused-ring (bicyclic) bond motifs is 1. The first-order valence-corrected chi connectivity index (χ1v) is 9.23. The summed E-state index contributed by atoms with van der Waals surface area (Å²) >= 11 is 1.66. The monoisotopic (exact) mass is 355 g/mol. The van der Waals surface area contributed by atoms with Crippen LogP contribution >= 0.6 is 11.3 Å². The van der Waals surface area contributed by atoms with Crippen LogP contribution in [0, 0.1) is 5.82 Å². The van der Waals surface area contributed by atoms with Crippen molar-refractivity contribution >= 4 is 27.4 Å². The van der Waals surface area contributed by atoms with E-state index in [1.807, 2.05) is 17.0 Å². The van der Waals surface area contributed by atoms with Gasteiger partial charge in [0.25, 0.3) is 0 Å². The fraction of sp³-hybridized carbons (Fsp3) is 0.250. The SMILES string of the molecule is O=C(O)C1CCCN1C(c1ccc(F)cc1)c1csc2ccccc12. The lowest BCUT2D eigenvalue weighted by Gasteiger charge is -2.31. The summed E-state index contributed by atoms with van der Waals surface area (Å²) in [6.45, 7) is 0.725. The average molecular weight is 355 g/mol. The Morgan fingerprint density at radius 3 is 2.72 bits per heavy atom. The summed E-state index contributed by atoms with van der Waals surface area (Å²) in [5.41, 5.74) is 2.03. The number of nitrogens with zero attached hydrogens (tertiary/aromatic N) is 1. The van der Waals surface area contributed by atoms with E-state index in [1.54, 1.807) is 23.5 Å². The summed E-state index contributed by atoms with van der Waals surface area (Å²) in [5.74, 6) is -1.07. The number of benzene rings is 2. The van der Waals surface area contributed by atoms with Gasteiger partial charge in [-0.25, -0.2) is 4.39 Å². The highest BCUT2D eigenvalue weighted by atomic mass is 32.1. The third-order valence-electron chi connectivity index (χ3n) is 4.90. The van der Waals surface area contributed by atoms with Crippen LogP contribution in [0.3, 0.4) is 0 Å². The van der Waals surface area contributed by atoms with Crippen LogP contribution in [-0.2, 0) is 4.79 Å². The minimum Gasteiger partial charge on any atom is -0.480 e. The van der Waals surface area contributed by atoms with Gasteiger partial charge < -0.3 is 5.11 Å². The number of halogens is 1. The first-order valence-electron chi connectivity index (χ1n) is 8.35. The summed E-state index contributed by atoms with van der Waals surface area (Å²) in [4.78, 5) is 13.8. The molecular weight excluding hydrogens is 337 g/mol. The molecule has 0 aliphatic carbocycles. The number of rotatable bonds is 4. The molecule has 0 radical (unpaired) electrons. The van der Waals surface area contributed by atoms with Crippen molar-refractivity contribution in [3.63, 3.8) is 0 Å². The second-order valence-electron chi connectivity index (χ2n) is 6.38. The molecule has 0 bridgehead atoms. The van der Waals surface area contributed by atoms with Gasteiger partial charge in [0.15, 0.2) is 0 Å². The molecule has 1 fully saturated rings. The fourth-order valence-corrected chi connectivity index (χ4v) is 4.75. The number of carbonyl (C=O) groups is 1. The van der Waals surface area contributed by atoms with E-state index < -0.39 is 12.0 Å². The van der Waals surface area contributed by atoms with Crippen molar-refractivity contribution in [1.29, 1.82) is 0 Å². The number of hydrogen-bond donors (Lipinski definition) is 1. The van der Waals surface area contributed by atoms with E-state index >= 15 is 0 Å². The highest BCUT2D eigenvalue weighted by Crippen LogP contribution is 2.40. The van der Waals surface area contributed by atoms with Gasteiger partial charge in [0.05, 0.1) is 6.04 Å². The third-order valence-corrected chi connectivity index (χ3v) is 5.88. The Labute approximate surface area is 149 Å². The van der Waals surface area contributed by atoms with Crippen molar-refractivity contribution in [2.75, 3.05) is 6.54 Å². The van der Waals surface area contributed by atoms with E-state index in [0.717, 1.165) is 29.5 Å². The molecule has 4 rings (SSSR count). The van der Waals surface area contributed by atoms with Crippen molar-refractivity contribution in [3.8, 4) is 0 Å². The molecule has 1 aromatic heterocycles. The van der Waals surface area contributed by atoms with Crippen LogP contribution in [0.2, 0.25) is 0 Å². The lowest BCUT2D eigenvalue weighted by molar-refractivity contribution is -0.142. The largest absolute Gasteiger partial charge is 0.480 e. The van der Waals surface area contributed by atoms with E-state index in [4.69, 9.17) is 0 Å². The number of carboxylic acid groups (broad SMARTS) is 1. The molecule has 5 heteroatoms. The van der Waals surface area contributed by atoms with Gasteiger partial charge in [-0.15, -0.1) is 11.3 Å². The normalized spacial score (nSPS) is 19.3. The first-order chi connectivity index (χ1) is 12.1. The lowest BCUT2D eigenvalue weighted by atomic mass is 9.95. The zero-order valence-electron chi connectivity index (χ0n) is 13.6. The molecule has 1 aliphatic rings. The van der Waals surface area contributed by atoms with Crippen molar-refractivity contribution in [2.45, 2.75) is 24.9 Å². The maximum absolute atomic E-state index is 13.4. The number of hydrogen-bond acceptors (Lipinski definition) is 3. The van der Waals surface area contributed by atoms with Gasteiger partial charge in [-0.3, -0.25) is 9.69 Å². The van der Waals surface area contributed by atoms with E-state index in [1.165, 1.54) is 16.8 Å². The summed E-state index contributed by atoms with van der Waals surface area (Å²) in [6, 6.07) is 13.9. The van der Waals surface area contributed by atoms with Gasteiger partial charge in [-0.05, 0) is 52.9 Å². The lowest BCUT2D eigenvalue weighted by Crippen LogP contribution is -2.39. The van der Waals surface area contributed by atoms with Crippen molar-refractivity contribution in [1.82, 2.24) is 4.90 Å². The molecule has 2 heterocycles. The van der Waals surface area contributed by atoms with Crippen molar-refractivity contribution in [2.24, 2.45) is 0 Å². The molecule has 3 aromatic rings. The van der Waals surface area contributed by atoms with Crippen molar-refractivity contribution in [3.05, 3.63) is 70.9 Å². The highest BCUT2D eigenvalue weighted by Gasteiger charge is 2.37. The summed E-state index contributed by atoms with van der Waals surface area (Å²) < 4.78 is 14.6. The van der Waals surface area contributed by atoms with Crippen LogP contribution in [0.4, 0.5) is 4.39 Å². The zero-order valence-corrected chi connectivity index (χ0v) is 14.4. The Balaban J connectivity index is 1.86. The molecule has 1 N–H and O–H groups in total. The Hall–Kier alpha value is -2.24. The Morgan fingerprint density at radius 1 is 1.20 bits per heavy atom. The standard InChI is InChI=1S/C20H18FNO2S/c21-14-9-7-13(8-10-14)19(22-11-3-5-17(22)20(23)24)16-12-25-18-6-2-1-4-15(16)18/h1-2,4,6-10,12,17,19H,3,5,11H2,(H,23,24). The molecule has 2 aromatic carbocycles. The molecule has 3 nitrogen and oxygen atoms in total. The quantitative estimate of drug-likeness (QED) is 0.739. The van der Waals surface area contributed by atoms with Crippen LogP contribution in [0.15, 0.2) is 53.9 Å². The third kappa shape index (κ3) is 2.94. The average Bonchev–Trinajstić information content (AvgIpc) is 3.25. The topological polar surface area (TPSA) is 40.5 Å². The van der Waals surface area contributed by atoms with E-state index in [-0.39, 0.29) is 11.9 Å².